The van der Waals surface area contributed by atoms with E-state index in [1.54, 1.807) is 13.8 Å². The third kappa shape index (κ3) is 1.53. The average molecular weight is 182 g/mol. The molecule has 1 heterocycles. The van der Waals surface area contributed by atoms with Crippen molar-refractivity contribution in [3.05, 3.63) is 21.5 Å². The van der Waals surface area contributed by atoms with Gasteiger partial charge in [0.15, 0.2) is 5.88 Å². The van der Waals surface area contributed by atoms with Gasteiger partial charge in [-0.2, -0.15) is 0 Å². The molecule has 0 aliphatic rings. The van der Waals surface area contributed by atoms with Gasteiger partial charge in [-0.3, -0.25) is 14.6 Å². The van der Waals surface area contributed by atoms with Crippen LogP contribution in [0.4, 0.5) is 5.69 Å². The van der Waals surface area contributed by atoms with Crippen LogP contribution in [0, 0.1) is 13.8 Å². The summed E-state index contributed by atoms with van der Waals surface area (Å²) < 4.78 is 0. The number of hydrogen-bond donors (Lipinski definition) is 3. The maximum Gasteiger partial charge on any atom is 0.274 e. The molecular formula is C8H10N2O3. The number of anilines is 1. The minimum absolute atomic E-state index is 0.168. The van der Waals surface area contributed by atoms with Crippen molar-refractivity contribution in [2.45, 2.75) is 13.8 Å². The minimum Gasteiger partial charge on any atom is -0.494 e. The summed E-state index contributed by atoms with van der Waals surface area (Å²) >= 11 is 0. The second-order valence-electron chi connectivity index (χ2n) is 2.69. The monoisotopic (exact) mass is 182 g/mol. The summed E-state index contributed by atoms with van der Waals surface area (Å²) in [6, 6.07) is 0. The lowest BCUT2D eigenvalue weighted by atomic mass is 10.1. The topological polar surface area (TPSA) is 82.2 Å². The molecule has 0 saturated heterocycles. The summed E-state index contributed by atoms with van der Waals surface area (Å²) in [5.74, 6) is -0.168. The van der Waals surface area contributed by atoms with Crippen LogP contribution in [0.2, 0.25) is 0 Å². The predicted octanol–water partition coefficient (Wildman–Crippen LogP) is 0.266. The fraction of sp³-hybridized carbons (Fsp3) is 0.250. The van der Waals surface area contributed by atoms with Crippen LogP contribution < -0.4 is 10.9 Å². The first kappa shape index (κ1) is 9.31. The molecule has 1 aromatic heterocycles. The number of aromatic amines is 1. The summed E-state index contributed by atoms with van der Waals surface area (Å²) in [5.41, 5.74) is 0.773. The third-order valence-electron chi connectivity index (χ3n) is 1.95. The molecular weight excluding hydrogens is 172 g/mol. The summed E-state index contributed by atoms with van der Waals surface area (Å²) in [6.45, 7) is 3.30. The second-order valence-corrected chi connectivity index (χ2v) is 2.69. The first-order valence-corrected chi connectivity index (χ1v) is 3.70. The van der Waals surface area contributed by atoms with Crippen LogP contribution >= 0.6 is 0 Å². The van der Waals surface area contributed by atoms with Crippen LogP contribution in [-0.4, -0.2) is 16.5 Å². The number of nitrogens with one attached hydrogen (secondary N) is 2. The zero-order valence-electron chi connectivity index (χ0n) is 7.34. The Morgan fingerprint density at radius 1 is 1.38 bits per heavy atom. The zero-order chi connectivity index (χ0) is 10.0. The molecule has 1 amide bonds. The van der Waals surface area contributed by atoms with Gasteiger partial charge in [-0.25, -0.2) is 0 Å². The predicted molar refractivity (Wildman–Crippen MR) is 47.9 cm³/mol. The van der Waals surface area contributed by atoms with Crippen LogP contribution in [0.15, 0.2) is 4.79 Å². The van der Waals surface area contributed by atoms with E-state index in [1.165, 1.54) is 0 Å². The molecule has 0 unspecified atom stereocenters. The number of pyridine rings is 1. The Hall–Kier alpha value is -1.78. The molecule has 5 nitrogen and oxygen atoms in total. The highest BCUT2D eigenvalue weighted by atomic mass is 16.3. The van der Waals surface area contributed by atoms with Crippen molar-refractivity contribution in [2.24, 2.45) is 0 Å². The molecule has 13 heavy (non-hydrogen) atoms. The standard InChI is InChI=1S/C8H10N2O3/c1-4-5(2)7(12)10-8(13)6(4)9-3-11/h3H,1-2H3,(H,9,11)(H2,10,12,13). The fourth-order valence-electron chi connectivity index (χ4n) is 1.03. The molecule has 0 aliphatic carbocycles. The van der Waals surface area contributed by atoms with Crippen molar-refractivity contribution < 1.29 is 9.90 Å². The number of carbonyl (C=O) groups is 1. The normalized spacial score (nSPS) is 9.69. The Morgan fingerprint density at radius 2 is 2.00 bits per heavy atom. The Bertz CT molecular complexity index is 395. The largest absolute Gasteiger partial charge is 0.494 e. The average Bonchev–Trinajstić information content (AvgIpc) is 2.09. The second kappa shape index (κ2) is 3.30. The van der Waals surface area contributed by atoms with Gasteiger partial charge in [-0.15, -0.1) is 0 Å². The minimum atomic E-state index is -0.507. The van der Waals surface area contributed by atoms with Gasteiger partial charge in [0.25, 0.3) is 5.56 Å². The Morgan fingerprint density at radius 3 is 2.54 bits per heavy atom. The molecule has 5 heteroatoms. The maximum absolute atomic E-state index is 11.2. The number of hydrogen-bond acceptors (Lipinski definition) is 3. The molecule has 0 fully saturated rings. The van der Waals surface area contributed by atoms with Gasteiger partial charge in [0.05, 0.1) is 0 Å². The van der Waals surface area contributed by atoms with Gasteiger partial charge in [0.2, 0.25) is 6.41 Å². The van der Waals surface area contributed by atoms with Gasteiger partial charge in [-0.1, -0.05) is 0 Å². The van der Waals surface area contributed by atoms with Crippen LogP contribution in [0.5, 0.6) is 5.88 Å². The van der Waals surface area contributed by atoms with Crippen molar-refractivity contribution in [1.82, 2.24) is 4.98 Å². The molecule has 0 radical (unpaired) electrons. The molecule has 0 aromatic carbocycles. The van der Waals surface area contributed by atoms with Crippen LogP contribution in [0.25, 0.3) is 0 Å². The van der Waals surface area contributed by atoms with Crippen LogP contribution in [-0.2, 0) is 4.79 Å². The SMILES string of the molecule is Cc1c(O)[nH]c(=O)c(NC=O)c1C. The quantitative estimate of drug-likeness (QED) is 0.574. The van der Waals surface area contributed by atoms with Gasteiger partial charge in [0, 0.05) is 5.56 Å². The first-order chi connectivity index (χ1) is 6.07. The molecule has 0 aliphatic heterocycles. The van der Waals surface area contributed by atoms with E-state index in [1.807, 2.05) is 0 Å². The number of H-pyrrole nitrogens is 1. The number of amides is 1. The van der Waals surface area contributed by atoms with E-state index in [2.05, 4.69) is 10.3 Å². The van der Waals surface area contributed by atoms with Gasteiger partial charge in [-0.05, 0) is 19.4 Å². The van der Waals surface area contributed by atoms with E-state index in [-0.39, 0.29) is 11.6 Å². The summed E-state index contributed by atoms with van der Waals surface area (Å²) in [7, 11) is 0. The van der Waals surface area contributed by atoms with Gasteiger partial charge in [0.1, 0.15) is 5.69 Å². The van der Waals surface area contributed by atoms with Gasteiger partial charge < -0.3 is 10.4 Å². The highest BCUT2D eigenvalue weighted by Gasteiger charge is 2.09. The van der Waals surface area contributed by atoms with Crippen LogP contribution in [0.1, 0.15) is 11.1 Å². The number of carbonyl (C=O) groups excluding carboxylic acids is 1. The lowest BCUT2D eigenvalue weighted by Gasteiger charge is -2.07. The van der Waals surface area contributed by atoms with Crippen molar-refractivity contribution in [3.63, 3.8) is 0 Å². The lowest BCUT2D eigenvalue weighted by molar-refractivity contribution is -0.105. The molecule has 1 aromatic rings. The molecule has 70 valence electrons. The van der Waals surface area contributed by atoms with E-state index in [0.717, 1.165) is 0 Å². The smallest absolute Gasteiger partial charge is 0.274 e. The van der Waals surface area contributed by atoms with Gasteiger partial charge >= 0.3 is 0 Å². The van der Waals surface area contributed by atoms with E-state index in [4.69, 9.17) is 0 Å². The van der Waals surface area contributed by atoms with Crippen LogP contribution in [0.3, 0.4) is 0 Å². The molecule has 0 spiro atoms. The molecule has 3 N–H and O–H groups in total. The first-order valence-electron chi connectivity index (χ1n) is 3.70. The molecule has 0 bridgehead atoms. The maximum atomic E-state index is 11.2. The van der Waals surface area contributed by atoms with Crippen molar-refractivity contribution in [3.8, 4) is 5.88 Å². The highest BCUT2D eigenvalue weighted by molar-refractivity contribution is 5.73. The van der Waals surface area contributed by atoms with Crippen molar-refractivity contribution in [2.75, 3.05) is 5.32 Å². The fourth-order valence-corrected chi connectivity index (χ4v) is 1.03. The zero-order valence-corrected chi connectivity index (χ0v) is 7.34. The summed E-state index contributed by atoms with van der Waals surface area (Å²) in [5, 5.41) is 11.5. The van der Waals surface area contributed by atoms with E-state index in [0.29, 0.717) is 17.5 Å². The Kier molecular flexibility index (Phi) is 2.36. The van der Waals surface area contributed by atoms with E-state index in [9.17, 15) is 14.7 Å². The lowest BCUT2D eigenvalue weighted by Crippen LogP contribution is -2.15. The van der Waals surface area contributed by atoms with Crippen molar-refractivity contribution in [1.29, 1.82) is 0 Å². The third-order valence-corrected chi connectivity index (χ3v) is 1.95. The number of rotatable bonds is 2. The number of aromatic nitrogens is 1. The molecule has 0 atom stereocenters. The van der Waals surface area contributed by atoms with Crippen molar-refractivity contribution >= 4 is 12.1 Å². The molecule has 1 rings (SSSR count). The Labute approximate surface area is 74.4 Å². The number of aromatic hydroxyl groups is 1. The highest BCUT2D eigenvalue weighted by Crippen LogP contribution is 2.19. The summed E-state index contributed by atoms with van der Waals surface area (Å²) in [6.07, 6.45) is 0.425. The summed E-state index contributed by atoms with van der Waals surface area (Å²) in [4.78, 5) is 23.5. The molecule has 0 saturated carbocycles. The van der Waals surface area contributed by atoms with E-state index < -0.39 is 5.56 Å². The Balaban J connectivity index is 3.43. The van der Waals surface area contributed by atoms with E-state index >= 15 is 0 Å².